The van der Waals surface area contributed by atoms with Gasteiger partial charge in [-0.1, -0.05) is 6.07 Å². The van der Waals surface area contributed by atoms with Gasteiger partial charge in [0.15, 0.2) is 5.82 Å². The molecular weight excluding hydrogens is 318 g/mol. The Hall–Kier alpha value is -1.82. The van der Waals surface area contributed by atoms with Crippen LogP contribution in [-0.2, 0) is 0 Å². The molecule has 1 heterocycles. The summed E-state index contributed by atoms with van der Waals surface area (Å²) in [5.41, 5.74) is -0.00879. The minimum absolute atomic E-state index is 0.197. The molecule has 0 unspecified atom stereocenters. The number of aryl methyl sites for hydroxylation is 1. The summed E-state index contributed by atoms with van der Waals surface area (Å²) in [4.78, 5) is 15.8. The normalized spacial score (nSPS) is 10.3. The molecule has 1 amide bonds. The molecule has 0 fully saturated rings. The number of carbonyl (C=O) groups is 1. The SMILES string of the molecule is Cc1ccc(F)c(NC(=O)c2cccnc2Br)c1F. The molecule has 0 spiro atoms. The van der Waals surface area contributed by atoms with Crippen molar-refractivity contribution in [3.63, 3.8) is 0 Å². The lowest BCUT2D eigenvalue weighted by Crippen LogP contribution is -2.15. The molecule has 1 aromatic carbocycles. The van der Waals surface area contributed by atoms with Crippen molar-refractivity contribution in [3.05, 3.63) is 57.8 Å². The van der Waals surface area contributed by atoms with Gasteiger partial charge < -0.3 is 5.32 Å². The predicted molar refractivity (Wildman–Crippen MR) is 71.0 cm³/mol. The molecule has 2 aromatic rings. The molecular formula is C13H9BrF2N2O. The number of carbonyl (C=O) groups excluding carboxylic acids is 1. The van der Waals surface area contributed by atoms with E-state index in [1.165, 1.54) is 25.3 Å². The quantitative estimate of drug-likeness (QED) is 0.855. The van der Waals surface area contributed by atoms with Crippen LogP contribution in [0.3, 0.4) is 0 Å². The third-order valence-corrected chi connectivity index (χ3v) is 3.16. The van der Waals surface area contributed by atoms with Crippen LogP contribution in [0.4, 0.5) is 14.5 Å². The third kappa shape index (κ3) is 2.78. The lowest BCUT2D eigenvalue weighted by atomic mass is 10.2. The number of amides is 1. The molecule has 0 radical (unpaired) electrons. The van der Waals surface area contributed by atoms with Crippen molar-refractivity contribution < 1.29 is 13.6 Å². The van der Waals surface area contributed by atoms with Crippen molar-refractivity contribution in [1.82, 2.24) is 4.98 Å². The topological polar surface area (TPSA) is 42.0 Å². The molecule has 1 N–H and O–H groups in total. The summed E-state index contributed by atoms with van der Waals surface area (Å²) in [6.45, 7) is 1.49. The molecule has 3 nitrogen and oxygen atoms in total. The molecule has 0 bridgehead atoms. The van der Waals surface area contributed by atoms with Crippen molar-refractivity contribution in [3.8, 4) is 0 Å². The predicted octanol–water partition coefficient (Wildman–Crippen LogP) is 3.68. The van der Waals surface area contributed by atoms with E-state index in [2.05, 4.69) is 26.2 Å². The maximum Gasteiger partial charge on any atom is 0.258 e. The van der Waals surface area contributed by atoms with Gasteiger partial charge in [-0.15, -0.1) is 0 Å². The monoisotopic (exact) mass is 326 g/mol. The summed E-state index contributed by atoms with van der Waals surface area (Å²) in [5.74, 6) is -2.24. The Morgan fingerprint density at radius 3 is 2.74 bits per heavy atom. The van der Waals surface area contributed by atoms with E-state index in [4.69, 9.17) is 0 Å². The van der Waals surface area contributed by atoms with Crippen LogP contribution in [0.2, 0.25) is 0 Å². The number of nitrogens with one attached hydrogen (secondary N) is 1. The highest BCUT2D eigenvalue weighted by molar-refractivity contribution is 9.10. The Labute approximate surface area is 116 Å². The van der Waals surface area contributed by atoms with Crippen LogP contribution < -0.4 is 5.32 Å². The van der Waals surface area contributed by atoms with Crippen molar-refractivity contribution in [2.75, 3.05) is 5.32 Å². The zero-order valence-corrected chi connectivity index (χ0v) is 11.5. The second-order valence-electron chi connectivity index (χ2n) is 3.85. The van der Waals surface area contributed by atoms with Crippen molar-refractivity contribution >= 4 is 27.5 Å². The van der Waals surface area contributed by atoms with Gasteiger partial charge in [0, 0.05) is 6.20 Å². The van der Waals surface area contributed by atoms with Crippen LogP contribution >= 0.6 is 15.9 Å². The van der Waals surface area contributed by atoms with E-state index >= 15 is 0 Å². The molecule has 0 aliphatic rings. The van der Waals surface area contributed by atoms with Crippen LogP contribution in [-0.4, -0.2) is 10.9 Å². The number of anilines is 1. The maximum absolute atomic E-state index is 13.8. The Kier molecular flexibility index (Phi) is 3.90. The van der Waals surface area contributed by atoms with Crippen molar-refractivity contribution in [2.45, 2.75) is 6.92 Å². The molecule has 19 heavy (non-hydrogen) atoms. The van der Waals surface area contributed by atoms with Gasteiger partial charge in [0.25, 0.3) is 5.91 Å². The highest BCUT2D eigenvalue weighted by Crippen LogP contribution is 2.23. The van der Waals surface area contributed by atoms with Crippen LogP contribution in [0.25, 0.3) is 0 Å². The zero-order chi connectivity index (χ0) is 14.0. The standard InChI is InChI=1S/C13H9BrF2N2O/c1-7-4-5-9(15)11(10(7)16)18-13(19)8-3-2-6-17-12(8)14/h2-6H,1H3,(H,18,19). The number of aromatic nitrogens is 1. The number of rotatable bonds is 2. The highest BCUT2D eigenvalue weighted by Gasteiger charge is 2.17. The average molecular weight is 327 g/mol. The molecule has 1 aromatic heterocycles. The van der Waals surface area contributed by atoms with Gasteiger partial charge in [0.05, 0.1) is 5.56 Å². The summed E-state index contributed by atoms with van der Waals surface area (Å²) >= 11 is 3.10. The summed E-state index contributed by atoms with van der Waals surface area (Å²) in [5, 5.41) is 2.22. The molecule has 0 aliphatic carbocycles. The Morgan fingerprint density at radius 2 is 2.05 bits per heavy atom. The number of nitrogens with zero attached hydrogens (tertiary/aromatic N) is 1. The summed E-state index contributed by atoms with van der Waals surface area (Å²) in [7, 11) is 0. The van der Waals surface area contributed by atoms with Gasteiger partial charge in [-0.05, 0) is 46.6 Å². The minimum atomic E-state index is -0.823. The van der Waals surface area contributed by atoms with Gasteiger partial charge in [0.1, 0.15) is 16.1 Å². The fraction of sp³-hybridized carbons (Fsp3) is 0.0769. The van der Waals surface area contributed by atoms with E-state index < -0.39 is 23.2 Å². The number of hydrogen-bond donors (Lipinski definition) is 1. The fourth-order valence-corrected chi connectivity index (χ4v) is 1.94. The van der Waals surface area contributed by atoms with E-state index in [1.807, 2.05) is 0 Å². The number of hydrogen-bond acceptors (Lipinski definition) is 2. The maximum atomic E-state index is 13.8. The molecule has 6 heteroatoms. The van der Waals surface area contributed by atoms with Gasteiger partial charge in [-0.25, -0.2) is 13.8 Å². The van der Waals surface area contributed by atoms with Crippen LogP contribution in [0.5, 0.6) is 0 Å². The first-order valence-electron chi connectivity index (χ1n) is 5.37. The molecule has 0 saturated carbocycles. The van der Waals surface area contributed by atoms with Crippen LogP contribution in [0.15, 0.2) is 35.1 Å². The molecule has 0 aliphatic heterocycles. The lowest BCUT2D eigenvalue weighted by Gasteiger charge is -2.09. The van der Waals surface area contributed by atoms with Gasteiger partial charge in [-0.2, -0.15) is 0 Å². The Balaban J connectivity index is 2.35. The summed E-state index contributed by atoms with van der Waals surface area (Å²) in [6, 6.07) is 5.47. The molecule has 98 valence electrons. The summed E-state index contributed by atoms with van der Waals surface area (Å²) < 4.78 is 27.6. The number of benzene rings is 1. The number of halogens is 3. The van der Waals surface area contributed by atoms with Crippen LogP contribution in [0.1, 0.15) is 15.9 Å². The van der Waals surface area contributed by atoms with Crippen LogP contribution in [0, 0.1) is 18.6 Å². The largest absolute Gasteiger partial charge is 0.317 e. The van der Waals surface area contributed by atoms with E-state index in [0.717, 1.165) is 6.07 Å². The van der Waals surface area contributed by atoms with Crippen molar-refractivity contribution in [2.24, 2.45) is 0 Å². The average Bonchev–Trinajstić information content (AvgIpc) is 2.39. The third-order valence-electron chi connectivity index (χ3n) is 2.53. The smallest absolute Gasteiger partial charge is 0.258 e. The Bertz CT molecular complexity index is 647. The van der Waals surface area contributed by atoms with E-state index in [0.29, 0.717) is 4.60 Å². The fourth-order valence-electron chi connectivity index (χ4n) is 1.51. The molecule has 0 atom stereocenters. The number of pyridine rings is 1. The second-order valence-corrected chi connectivity index (χ2v) is 4.60. The molecule has 0 saturated heterocycles. The minimum Gasteiger partial charge on any atom is -0.317 e. The first-order chi connectivity index (χ1) is 9.00. The first kappa shape index (κ1) is 13.6. The summed E-state index contributed by atoms with van der Waals surface area (Å²) in [6.07, 6.45) is 1.49. The first-order valence-corrected chi connectivity index (χ1v) is 6.16. The molecule has 2 rings (SSSR count). The van der Waals surface area contributed by atoms with Gasteiger partial charge in [-0.3, -0.25) is 4.79 Å². The highest BCUT2D eigenvalue weighted by atomic mass is 79.9. The lowest BCUT2D eigenvalue weighted by molar-refractivity contribution is 0.102. The van der Waals surface area contributed by atoms with Gasteiger partial charge in [0.2, 0.25) is 0 Å². The zero-order valence-electron chi connectivity index (χ0n) is 9.88. The van der Waals surface area contributed by atoms with Gasteiger partial charge >= 0.3 is 0 Å². The second kappa shape index (κ2) is 5.44. The Morgan fingerprint density at radius 1 is 1.32 bits per heavy atom. The van der Waals surface area contributed by atoms with E-state index in [1.54, 1.807) is 6.07 Å². The van der Waals surface area contributed by atoms with E-state index in [-0.39, 0.29) is 11.1 Å². The van der Waals surface area contributed by atoms with Crippen molar-refractivity contribution in [1.29, 1.82) is 0 Å². The van der Waals surface area contributed by atoms with E-state index in [9.17, 15) is 13.6 Å².